The first-order valence-electron chi connectivity index (χ1n) is 2.41. The highest BCUT2D eigenvalue weighted by molar-refractivity contribution is 5.38. The second-order valence-corrected chi connectivity index (χ2v) is 1.30. The van der Waals surface area contributed by atoms with E-state index >= 15 is 0 Å². The van der Waals surface area contributed by atoms with Crippen molar-refractivity contribution in [3.05, 3.63) is 23.8 Å². The Morgan fingerprint density at radius 2 is 1.80 bits per heavy atom. The van der Waals surface area contributed by atoms with Crippen LogP contribution >= 0.6 is 0 Å². The molecule has 3 nitrogen and oxygen atoms in total. The fourth-order valence-corrected chi connectivity index (χ4v) is 0.314. The van der Waals surface area contributed by atoms with Crippen molar-refractivity contribution in [3.8, 4) is 18.2 Å². The van der Waals surface area contributed by atoms with E-state index in [1.807, 2.05) is 0 Å². The van der Waals surface area contributed by atoms with E-state index < -0.39 is 0 Å². The highest BCUT2D eigenvalue weighted by Crippen LogP contribution is 1.91. The first-order valence-corrected chi connectivity index (χ1v) is 2.41. The summed E-state index contributed by atoms with van der Waals surface area (Å²) in [5.74, 6) is 0. The third kappa shape index (κ3) is 3.02. The summed E-state index contributed by atoms with van der Waals surface area (Å²) in [5.41, 5.74) is 0.184. The van der Waals surface area contributed by atoms with Crippen LogP contribution in [0.3, 0.4) is 0 Å². The van der Waals surface area contributed by atoms with Crippen molar-refractivity contribution >= 4 is 0 Å². The molecule has 0 aromatic rings. The zero-order valence-electron chi connectivity index (χ0n) is 5.07. The maximum atomic E-state index is 8.25. The highest BCUT2D eigenvalue weighted by atomic mass is 14.3. The number of allylic oxidation sites excluding steroid dienone is 4. The largest absolute Gasteiger partial charge is 0.193 e. The molecule has 0 aromatic heterocycles. The van der Waals surface area contributed by atoms with Crippen LogP contribution in [0.2, 0.25) is 0 Å². The molecule has 0 amide bonds. The Morgan fingerprint density at radius 3 is 2.20 bits per heavy atom. The Balaban J connectivity index is 4.35. The Hall–Kier alpha value is -2.05. The molecule has 0 rings (SSSR count). The standard InChI is InChI=1S/C7H3N3/c8-4-1-2-7(6-10)3-5-9/h1-3H. The van der Waals surface area contributed by atoms with Crippen molar-refractivity contribution in [3.63, 3.8) is 0 Å². The Morgan fingerprint density at radius 1 is 1.10 bits per heavy atom. The van der Waals surface area contributed by atoms with Gasteiger partial charge in [0.05, 0.1) is 23.8 Å². The molecule has 0 aliphatic heterocycles. The minimum atomic E-state index is 0.184. The lowest BCUT2D eigenvalue weighted by Gasteiger charge is -1.75. The fourth-order valence-electron chi connectivity index (χ4n) is 0.314. The Labute approximate surface area is 58.7 Å². The zero-order valence-corrected chi connectivity index (χ0v) is 5.07. The molecular weight excluding hydrogens is 126 g/mol. The summed E-state index contributed by atoms with van der Waals surface area (Å²) in [4.78, 5) is 0. The predicted molar refractivity (Wildman–Crippen MR) is 34.1 cm³/mol. The van der Waals surface area contributed by atoms with Crippen LogP contribution in [0.15, 0.2) is 23.8 Å². The molecule has 0 bridgehead atoms. The SMILES string of the molecule is N#CC=CC(C#N)=CC#N. The van der Waals surface area contributed by atoms with E-state index in [1.165, 1.54) is 6.08 Å². The van der Waals surface area contributed by atoms with E-state index in [2.05, 4.69) is 0 Å². The molecule has 0 aromatic carbocycles. The van der Waals surface area contributed by atoms with Gasteiger partial charge in [0.15, 0.2) is 0 Å². The van der Waals surface area contributed by atoms with Gasteiger partial charge in [0, 0.05) is 12.2 Å². The maximum absolute atomic E-state index is 8.25. The van der Waals surface area contributed by atoms with Crippen molar-refractivity contribution in [2.24, 2.45) is 0 Å². The summed E-state index contributed by atoms with van der Waals surface area (Å²) in [6, 6.07) is 5.13. The van der Waals surface area contributed by atoms with Crippen LogP contribution < -0.4 is 0 Å². The average Bonchev–Trinajstić information content (AvgIpc) is 1.98. The quantitative estimate of drug-likeness (QED) is 0.392. The Kier molecular flexibility index (Phi) is 4.05. The minimum Gasteiger partial charge on any atom is -0.193 e. The number of hydrogen-bond acceptors (Lipinski definition) is 3. The number of hydrogen-bond donors (Lipinski definition) is 0. The zero-order chi connectivity index (χ0) is 7.82. The number of nitriles is 3. The molecule has 46 valence electrons. The van der Waals surface area contributed by atoms with E-state index in [-0.39, 0.29) is 5.57 Å². The second kappa shape index (κ2) is 5.09. The molecule has 10 heavy (non-hydrogen) atoms. The summed E-state index contributed by atoms with van der Waals surface area (Å²) < 4.78 is 0. The summed E-state index contributed by atoms with van der Waals surface area (Å²) in [6.07, 6.45) is 3.50. The van der Waals surface area contributed by atoms with Crippen molar-refractivity contribution in [2.45, 2.75) is 0 Å². The lowest BCUT2D eigenvalue weighted by molar-refractivity contribution is 1.48. The van der Waals surface area contributed by atoms with Crippen LogP contribution in [0.25, 0.3) is 0 Å². The second-order valence-electron chi connectivity index (χ2n) is 1.30. The summed E-state index contributed by atoms with van der Waals surface area (Å²) >= 11 is 0. The predicted octanol–water partition coefficient (Wildman–Crippen LogP) is 1.04. The van der Waals surface area contributed by atoms with Crippen LogP contribution in [-0.2, 0) is 0 Å². The third-order valence-corrected chi connectivity index (χ3v) is 0.687. The van der Waals surface area contributed by atoms with Crippen molar-refractivity contribution in [1.82, 2.24) is 0 Å². The first kappa shape index (κ1) is 7.95. The summed E-state index contributed by atoms with van der Waals surface area (Å²) in [5, 5.41) is 24.3. The van der Waals surface area contributed by atoms with E-state index in [0.717, 1.165) is 12.2 Å². The normalized spacial score (nSPS) is 9.90. The molecule has 0 aliphatic carbocycles. The van der Waals surface area contributed by atoms with E-state index in [4.69, 9.17) is 15.8 Å². The number of nitrogens with zero attached hydrogens (tertiary/aromatic N) is 3. The maximum Gasteiger partial charge on any atom is 0.0999 e. The fraction of sp³-hybridized carbons (Fsp3) is 0. The number of rotatable bonds is 1. The molecule has 3 heteroatoms. The molecular formula is C7H3N3. The van der Waals surface area contributed by atoms with Gasteiger partial charge in [-0.05, 0) is 6.08 Å². The molecule has 0 heterocycles. The smallest absolute Gasteiger partial charge is 0.0999 e. The van der Waals surface area contributed by atoms with Crippen molar-refractivity contribution in [2.75, 3.05) is 0 Å². The molecule has 0 unspecified atom stereocenters. The molecule has 0 spiro atoms. The van der Waals surface area contributed by atoms with Gasteiger partial charge in [-0.1, -0.05) is 0 Å². The molecule has 0 saturated carbocycles. The van der Waals surface area contributed by atoms with E-state index in [9.17, 15) is 0 Å². The molecule has 0 radical (unpaired) electrons. The molecule has 0 fully saturated rings. The molecule has 0 saturated heterocycles. The van der Waals surface area contributed by atoms with Gasteiger partial charge >= 0.3 is 0 Å². The topological polar surface area (TPSA) is 71.4 Å². The lowest BCUT2D eigenvalue weighted by Crippen LogP contribution is -1.67. The van der Waals surface area contributed by atoms with Crippen LogP contribution in [0.5, 0.6) is 0 Å². The van der Waals surface area contributed by atoms with Gasteiger partial charge in [-0.3, -0.25) is 0 Å². The Bertz CT molecular complexity index is 277. The van der Waals surface area contributed by atoms with Gasteiger partial charge in [-0.2, -0.15) is 15.8 Å². The lowest BCUT2D eigenvalue weighted by atomic mass is 10.2. The molecule has 0 N–H and O–H groups in total. The van der Waals surface area contributed by atoms with Gasteiger partial charge in [0.25, 0.3) is 0 Å². The van der Waals surface area contributed by atoms with Gasteiger partial charge in [0.1, 0.15) is 0 Å². The van der Waals surface area contributed by atoms with E-state index in [0.29, 0.717) is 0 Å². The molecule has 0 atom stereocenters. The summed E-state index contributed by atoms with van der Waals surface area (Å²) in [7, 11) is 0. The third-order valence-electron chi connectivity index (χ3n) is 0.687. The van der Waals surface area contributed by atoms with Crippen LogP contribution in [-0.4, -0.2) is 0 Å². The van der Waals surface area contributed by atoms with Crippen LogP contribution in [0.1, 0.15) is 0 Å². The van der Waals surface area contributed by atoms with Crippen LogP contribution in [0, 0.1) is 34.0 Å². The van der Waals surface area contributed by atoms with Gasteiger partial charge in [-0.25, -0.2) is 0 Å². The van der Waals surface area contributed by atoms with Crippen molar-refractivity contribution < 1.29 is 0 Å². The van der Waals surface area contributed by atoms with Gasteiger partial charge in [0.2, 0.25) is 0 Å². The van der Waals surface area contributed by atoms with Crippen molar-refractivity contribution in [1.29, 1.82) is 15.8 Å². The monoisotopic (exact) mass is 129 g/mol. The average molecular weight is 129 g/mol. The van der Waals surface area contributed by atoms with Crippen LogP contribution in [0.4, 0.5) is 0 Å². The first-order chi connectivity index (χ1) is 4.85. The summed E-state index contributed by atoms with van der Waals surface area (Å²) in [6.45, 7) is 0. The van der Waals surface area contributed by atoms with E-state index in [1.54, 1.807) is 18.2 Å². The minimum absolute atomic E-state index is 0.184. The van der Waals surface area contributed by atoms with Gasteiger partial charge in [-0.15, -0.1) is 0 Å². The van der Waals surface area contributed by atoms with Gasteiger partial charge < -0.3 is 0 Å². The molecule has 0 aliphatic rings. The highest BCUT2D eigenvalue weighted by Gasteiger charge is 1.83.